The first kappa shape index (κ1) is 19.5. The van der Waals surface area contributed by atoms with E-state index in [-0.39, 0.29) is 17.9 Å². The van der Waals surface area contributed by atoms with E-state index in [0.29, 0.717) is 17.9 Å². The van der Waals surface area contributed by atoms with Crippen molar-refractivity contribution in [2.45, 2.75) is 44.4 Å². The lowest BCUT2D eigenvalue weighted by Gasteiger charge is -2.11. The van der Waals surface area contributed by atoms with Crippen LogP contribution < -0.4 is 16.0 Å². The van der Waals surface area contributed by atoms with Crippen molar-refractivity contribution in [1.29, 1.82) is 0 Å². The maximum atomic E-state index is 12.7. The summed E-state index contributed by atoms with van der Waals surface area (Å²) in [6.07, 6.45) is 0. The molecule has 6 heteroatoms. The first-order valence-electron chi connectivity index (χ1n) is 9.13. The fourth-order valence-corrected chi connectivity index (χ4v) is 3.88. The largest absolute Gasteiger partial charge is 0.353 e. The standard InChI is InChI=1S/C21H25N3O2S/c1-14(2)24-20(25)13-27-19-6-4-3-5-18(19)21(26)23-10-15-7-8-16-11-22-12-17(16)9-15/h3-9,14,22H,10-13H2,1-2H3,(H,23,26)(H,24,25). The van der Waals surface area contributed by atoms with Gasteiger partial charge in [-0.05, 0) is 42.7 Å². The van der Waals surface area contributed by atoms with Crippen molar-refractivity contribution in [3.8, 4) is 0 Å². The molecular formula is C21H25N3O2S. The zero-order valence-corrected chi connectivity index (χ0v) is 16.5. The summed E-state index contributed by atoms with van der Waals surface area (Å²) in [7, 11) is 0. The third-order valence-electron chi connectivity index (χ3n) is 4.29. The Labute approximate surface area is 164 Å². The number of amides is 2. The number of fused-ring (bicyclic) bond motifs is 1. The zero-order chi connectivity index (χ0) is 19.2. The number of carbonyl (C=O) groups is 2. The van der Waals surface area contributed by atoms with Gasteiger partial charge in [0.05, 0.1) is 11.3 Å². The number of carbonyl (C=O) groups excluding carboxylic acids is 2. The van der Waals surface area contributed by atoms with Gasteiger partial charge in [-0.3, -0.25) is 9.59 Å². The van der Waals surface area contributed by atoms with Gasteiger partial charge in [-0.2, -0.15) is 0 Å². The average Bonchev–Trinajstić information content (AvgIpc) is 3.12. The Morgan fingerprint density at radius 1 is 1.11 bits per heavy atom. The lowest BCUT2D eigenvalue weighted by molar-refractivity contribution is -0.119. The average molecular weight is 384 g/mol. The van der Waals surface area contributed by atoms with E-state index in [1.54, 1.807) is 6.07 Å². The van der Waals surface area contributed by atoms with Gasteiger partial charge in [-0.15, -0.1) is 11.8 Å². The van der Waals surface area contributed by atoms with Crippen LogP contribution in [0.5, 0.6) is 0 Å². The molecule has 0 aliphatic carbocycles. The molecule has 3 N–H and O–H groups in total. The van der Waals surface area contributed by atoms with Gasteiger partial charge >= 0.3 is 0 Å². The summed E-state index contributed by atoms with van der Waals surface area (Å²) < 4.78 is 0. The fraction of sp³-hybridized carbons (Fsp3) is 0.333. The molecule has 0 unspecified atom stereocenters. The number of thioether (sulfide) groups is 1. The van der Waals surface area contributed by atoms with E-state index in [1.165, 1.54) is 22.9 Å². The summed E-state index contributed by atoms with van der Waals surface area (Å²) in [5, 5.41) is 9.18. The van der Waals surface area contributed by atoms with Crippen LogP contribution in [-0.2, 0) is 24.4 Å². The van der Waals surface area contributed by atoms with Crippen LogP contribution in [0.2, 0.25) is 0 Å². The molecule has 2 aromatic carbocycles. The van der Waals surface area contributed by atoms with Crippen LogP contribution in [0.25, 0.3) is 0 Å². The first-order valence-corrected chi connectivity index (χ1v) is 10.1. The predicted octanol–water partition coefficient (Wildman–Crippen LogP) is 2.84. The Morgan fingerprint density at radius 3 is 2.70 bits per heavy atom. The van der Waals surface area contributed by atoms with E-state index in [9.17, 15) is 9.59 Å². The normalized spacial score (nSPS) is 12.7. The highest BCUT2D eigenvalue weighted by molar-refractivity contribution is 8.00. The van der Waals surface area contributed by atoms with Crippen LogP contribution in [0.1, 0.15) is 40.9 Å². The molecule has 0 fully saturated rings. The van der Waals surface area contributed by atoms with E-state index < -0.39 is 0 Å². The van der Waals surface area contributed by atoms with E-state index >= 15 is 0 Å². The molecule has 0 saturated heterocycles. The summed E-state index contributed by atoms with van der Waals surface area (Å²) >= 11 is 1.38. The Hall–Kier alpha value is -2.31. The molecule has 142 valence electrons. The molecular weight excluding hydrogens is 358 g/mol. The SMILES string of the molecule is CC(C)NC(=O)CSc1ccccc1C(=O)NCc1ccc2c(c1)CNC2. The molecule has 0 saturated carbocycles. The number of nitrogens with one attached hydrogen (secondary N) is 3. The van der Waals surface area contributed by atoms with Crippen molar-refractivity contribution >= 4 is 23.6 Å². The lowest BCUT2D eigenvalue weighted by atomic mass is 10.1. The van der Waals surface area contributed by atoms with Gasteiger partial charge in [0, 0.05) is 30.6 Å². The minimum Gasteiger partial charge on any atom is -0.353 e. The van der Waals surface area contributed by atoms with Crippen LogP contribution in [0.4, 0.5) is 0 Å². The topological polar surface area (TPSA) is 70.2 Å². The Balaban J connectivity index is 1.60. The van der Waals surface area contributed by atoms with Gasteiger partial charge < -0.3 is 16.0 Å². The van der Waals surface area contributed by atoms with Crippen LogP contribution >= 0.6 is 11.8 Å². The number of rotatable bonds is 7. The highest BCUT2D eigenvalue weighted by atomic mass is 32.2. The predicted molar refractivity (Wildman–Crippen MR) is 109 cm³/mol. The van der Waals surface area contributed by atoms with Gasteiger partial charge in [0.25, 0.3) is 5.91 Å². The lowest BCUT2D eigenvalue weighted by Crippen LogP contribution is -2.31. The smallest absolute Gasteiger partial charge is 0.252 e. The van der Waals surface area contributed by atoms with Crippen LogP contribution in [0.3, 0.4) is 0 Å². The molecule has 5 nitrogen and oxygen atoms in total. The maximum Gasteiger partial charge on any atom is 0.252 e. The molecule has 1 heterocycles. The summed E-state index contributed by atoms with van der Waals surface area (Å²) in [4.78, 5) is 25.3. The summed E-state index contributed by atoms with van der Waals surface area (Å²) in [5.74, 6) is 0.137. The molecule has 0 bridgehead atoms. The van der Waals surface area contributed by atoms with Gasteiger partial charge in [0.15, 0.2) is 0 Å². The van der Waals surface area contributed by atoms with Crippen molar-refractivity contribution in [3.05, 3.63) is 64.7 Å². The van der Waals surface area contributed by atoms with Crippen molar-refractivity contribution in [3.63, 3.8) is 0 Å². The summed E-state index contributed by atoms with van der Waals surface area (Å²) in [5.41, 5.74) is 4.32. The van der Waals surface area contributed by atoms with Crippen LogP contribution in [-0.4, -0.2) is 23.6 Å². The van der Waals surface area contributed by atoms with Crippen molar-refractivity contribution in [2.75, 3.05) is 5.75 Å². The van der Waals surface area contributed by atoms with Gasteiger partial charge in [0.1, 0.15) is 0 Å². The molecule has 0 atom stereocenters. The molecule has 2 amide bonds. The van der Waals surface area contributed by atoms with Crippen molar-refractivity contribution in [2.24, 2.45) is 0 Å². The number of hydrogen-bond acceptors (Lipinski definition) is 4. The van der Waals surface area contributed by atoms with E-state index in [0.717, 1.165) is 23.5 Å². The van der Waals surface area contributed by atoms with Crippen LogP contribution in [0, 0.1) is 0 Å². The van der Waals surface area contributed by atoms with Gasteiger partial charge in [0.2, 0.25) is 5.91 Å². The molecule has 1 aliphatic heterocycles. The summed E-state index contributed by atoms with van der Waals surface area (Å²) in [6.45, 7) is 6.14. The Morgan fingerprint density at radius 2 is 1.89 bits per heavy atom. The minimum atomic E-state index is -0.124. The highest BCUT2D eigenvalue weighted by Gasteiger charge is 2.14. The quantitative estimate of drug-likeness (QED) is 0.643. The third kappa shape index (κ3) is 5.34. The van der Waals surface area contributed by atoms with E-state index in [4.69, 9.17) is 0 Å². The second kappa shape index (κ2) is 9.06. The third-order valence-corrected chi connectivity index (χ3v) is 5.37. The maximum absolute atomic E-state index is 12.7. The van der Waals surface area contributed by atoms with E-state index in [2.05, 4.69) is 34.1 Å². The molecule has 1 aliphatic rings. The molecule has 3 rings (SSSR count). The molecule has 27 heavy (non-hydrogen) atoms. The second-order valence-corrected chi connectivity index (χ2v) is 7.91. The number of benzene rings is 2. The van der Waals surface area contributed by atoms with Crippen molar-refractivity contribution in [1.82, 2.24) is 16.0 Å². The monoisotopic (exact) mass is 383 g/mol. The fourth-order valence-electron chi connectivity index (χ4n) is 3.02. The van der Waals surface area contributed by atoms with E-state index in [1.807, 2.05) is 32.0 Å². The highest BCUT2D eigenvalue weighted by Crippen LogP contribution is 2.23. The number of hydrogen-bond donors (Lipinski definition) is 3. The molecule has 0 spiro atoms. The van der Waals surface area contributed by atoms with Gasteiger partial charge in [-0.25, -0.2) is 0 Å². The van der Waals surface area contributed by atoms with Crippen molar-refractivity contribution < 1.29 is 9.59 Å². The second-order valence-electron chi connectivity index (χ2n) is 6.90. The van der Waals surface area contributed by atoms with Crippen LogP contribution in [0.15, 0.2) is 47.4 Å². The molecule has 0 radical (unpaired) electrons. The Kier molecular flexibility index (Phi) is 6.53. The zero-order valence-electron chi connectivity index (χ0n) is 15.7. The summed E-state index contributed by atoms with van der Waals surface area (Å²) in [6, 6.07) is 13.8. The molecule has 2 aromatic rings. The molecule has 0 aromatic heterocycles. The first-order chi connectivity index (χ1) is 13.0. The Bertz CT molecular complexity index is 836. The minimum absolute atomic E-state index is 0.0306. The van der Waals surface area contributed by atoms with Gasteiger partial charge in [-0.1, -0.05) is 30.3 Å².